The van der Waals surface area contributed by atoms with Crippen LogP contribution in [0.1, 0.15) is 33.1 Å². The fraction of sp³-hybridized carbons (Fsp3) is 0.269. The molecule has 1 unspecified atom stereocenters. The molecule has 0 fully saturated rings. The first-order chi connectivity index (χ1) is 18.0. The fourth-order valence-electron chi connectivity index (χ4n) is 4.34. The van der Waals surface area contributed by atoms with Crippen LogP contribution in [0, 0.1) is 10.1 Å². The Balaban J connectivity index is 1.73. The van der Waals surface area contributed by atoms with E-state index in [0.717, 1.165) is 23.8 Å². The summed E-state index contributed by atoms with van der Waals surface area (Å²) in [6, 6.07) is 10.9. The number of nitro benzene ring substituents is 1. The predicted molar refractivity (Wildman–Crippen MR) is 132 cm³/mol. The van der Waals surface area contributed by atoms with Gasteiger partial charge < -0.3 is 19.1 Å². The maximum absolute atomic E-state index is 13.6. The lowest BCUT2D eigenvalue weighted by Crippen LogP contribution is -2.42. The molecule has 12 heteroatoms. The minimum atomic E-state index is -4.55. The van der Waals surface area contributed by atoms with Gasteiger partial charge in [-0.3, -0.25) is 14.9 Å². The first kappa shape index (κ1) is 27.1. The molecule has 0 aliphatic carbocycles. The molecule has 0 radical (unpaired) electrons. The van der Waals surface area contributed by atoms with E-state index in [1.807, 2.05) is 0 Å². The molecule has 1 amide bonds. The summed E-state index contributed by atoms with van der Waals surface area (Å²) in [5.41, 5.74) is 0.239. The maximum Gasteiger partial charge on any atom is 0.416 e. The zero-order valence-corrected chi connectivity index (χ0v) is 21.0. The highest BCUT2D eigenvalue weighted by atomic mass is 35.5. The summed E-state index contributed by atoms with van der Waals surface area (Å²) in [6.45, 7) is 0.0274. The second-order valence-electron chi connectivity index (χ2n) is 8.43. The molecule has 1 aliphatic heterocycles. The summed E-state index contributed by atoms with van der Waals surface area (Å²) in [5, 5.41) is 11.2. The highest BCUT2D eigenvalue weighted by molar-refractivity contribution is 6.32. The van der Waals surface area contributed by atoms with Gasteiger partial charge in [0.2, 0.25) is 0 Å². The molecule has 1 heterocycles. The van der Waals surface area contributed by atoms with Crippen molar-refractivity contribution in [3.63, 3.8) is 0 Å². The van der Waals surface area contributed by atoms with Gasteiger partial charge >= 0.3 is 6.18 Å². The number of rotatable bonds is 7. The number of carbonyl (C=O) groups is 1. The van der Waals surface area contributed by atoms with Crippen molar-refractivity contribution in [2.45, 2.75) is 18.6 Å². The number of alkyl halides is 3. The van der Waals surface area contributed by atoms with E-state index in [0.29, 0.717) is 23.5 Å². The summed E-state index contributed by atoms with van der Waals surface area (Å²) in [7, 11) is 2.95. The molecule has 3 aromatic rings. The van der Waals surface area contributed by atoms with Crippen LogP contribution in [0.2, 0.25) is 5.02 Å². The molecule has 0 bridgehead atoms. The number of nitro groups is 1. The van der Waals surface area contributed by atoms with E-state index in [2.05, 4.69) is 0 Å². The maximum atomic E-state index is 13.6. The van der Waals surface area contributed by atoms with Gasteiger partial charge in [-0.05, 0) is 60.0 Å². The van der Waals surface area contributed by atoms with Crippen molar-refractivity contribution in [3.05, 3.63) is 92.0 Å². The normalized spacial score (nSPS) is 15.0. The van der Waals surface area contributed by atoms with Crippen molar-refractivity contribution in [1.82, 2.24) is 4.90 Å². The fourth-order valence-corrected chi connectivity index (χ4v) is 4.53. The third-order valence-electron chi connectivity index (χ3n) is 6.22. The Bertz CT molecular complexity index is 1380. The molecule has 8 nitrogen and oxygen atoms in total. The zero-order valence-electron chi connectivity index (χ0n) is 20.3. The van der Waals surface area contributed by atoms with Gasteiger partial charge in [-0.15, -0.1) is 0 Å². The molecule has 3 aromatic carbocycles. The highest BCUT2D eigenvalue weighted by Crippen LogP contribution is 2.40. The van der Waals surface area contributed by atoms with Gasteiger partial charge in [-0.2, -0.15) is 13.2 Å². The van der Waals surface area contributed by atoms with Crippen molar-refractivity contribution in [2.24, 2.45) is 0 Å². The molecular weight excluding hydrogens is 529 g/mol. The molecule has 1 atom stereocenters. The van der Waals surface area contributed by atoms with E-state index in [-0.39, 0.29) is 29.5 Å². The van der Waals surface area contributed by atoms with Gasteiger partial charge in [0.15, 0.2) is 11.5 Å². The number of amides is 1. The van der Waals surface area contributed by atoms with Gasteiger partial charge in [-0.1, -0.05) is 17.7 Å². The predicted octanol–water partition coefficient (Wildman–Crippen LogP) is 6.10. The van der Waals surface area contributed by atoms with Crippen molar-refractivity contribution < 1.29 is 37.1 Å². The minimum absolute atomic E-state index is 0.0260. The third kappa shape index (κ3) is 5.47. The molecule has 4 rings (SSSR count). The Morgan fingerprint density at radius 1 is 1.11 bits per heavy atom. The molecule has 0 saturated heterocycles. The highest BCUT2D eigenvalue weighted by Gasteiger charge is 2.35. The number of nitrogens with zero attached hydrogens (tertiary/aromatic N) is 2. The van der Waals surface area contributed by atoms with Crippen LogP contribution < -0.4 is 14.2 Å². The van der Waals surface area contributed by atoms with Crippen LogP contribution in [0.15, 0.2) is 54.6 Å². The number of hydrogen-bond acceptors (Lipinski definition) is 6. The second-order valence-corrected chi connectivity index (χ2v) is 8.84. The Kier molecular flexibility index (Phi) is 7.68. The standard InChI is InChI=1S/C26H22ClF3N2O6/c1-36-23-11-15-8-9-31(25(33)16-6-7-20(27)21(10-16)32(34)35)22(19(15)13-24(23)37-2)14-38-18-5-3-4-17(12-18)26(28,29)30/h3-7,10-13,22H,8-9,14H2,1-2H3. The summed E-state index contributed by atoms with van der Waals surface area (Å²) in [4.78, 5) is 25.7. The molecule has 0 N–H and O–H groups in total. The van der Waals surface area contributed by atoms with Gasteiger partial charge in [-0.25, -0.2) is 0 Å². The Morgan fingerprint density at radius 2 is 1.82 bits per heavy atom. The second kappa shape index (κ2) is 10.8. The van der Waals surface area contributed by atoms with E-state index in [4.69, 9.17) is 25.8 Å². The number of halogens is 4. The van der Waals surface area contributed by atoms with Crippen LogP contribution in [0.5, 0.6) is 17.2 Å². The van der Waals surface area contributed by atoms with Crippen LogP contribution in [-0.2, 0) is 12.6 Å². The number of benzene rings is 3. The zero-order chi connectivity index (χ0) is 27.6. The molecule has 0 aromatic heterocycles. The number of methoxy groups -OCH3 is 2. The average Bonchev–Trinajstić information content (AvgIpc) is 2.90. The summed E-state index contributed by atoms with van der Waals surface area (Å²) in [6.07, 6.45) is -4.12. The number of carbonyl (C=O) groups excluding carboxylic acids is 1. The van der Waals surface area contributed by atoms with Crippen LogP contribution in [0.3, 0.4) is 0 Å². The van der Waals surface area contributed by atoms with Crippen LogP contribution in [-0.4, -0.2) is 43.1 Å². The first-order valence-corrected chi connectivity index (χ1v) is 11.7. The van der Waals surface area contributed by atoms with E-state index in [9.17, 15) is 28.1 Å². The number of fused-ring (bicyclic) bond motifs is 1. The van der Waals surface area contributed by atoms with E-state index in [1.165, 1.54) is 43.4 Å². The summed E-state index contributed by atoms with van der Waals surface area (Å²) in [5.74, 6) is 0.327. The van der Waals surface area contributed by atoms with E-state index < -0.39 is 34.3 Å². The third-order valence-corrected chi connectivity index (χ3v) is 6.54. The average molecular weight is 551 g/mol. The van der Waals surface area contributed by atoms with Crippen molar-refractivity contribution >= 4 is 23.2 Å². The molecule has 1 aliphatic rings. The SMILES string of the molecule is COc1cc2c(cc1OC)C(COc1cccc(C(F)(F)F)c1)N(C(=O)c1ccc(Cl)c([N+](=O)[O-])c1)CC2. The Labute approximate surface area is 220 Å². The monoisotopic (exact) mass is 550 g/mol. The van der Waals surface area contributed by atoms with Crippen LogP contribution >= 0.6 is 11.6 Å². The lowest BCUT2D eigenvalue weighted by molar-refractivity contribution is -0.384. The molecule has 0 saturated carbocycles. The van der Waals surface area contributed by atoms with Crippen molar-refractivity contribution in [1.29, 1.82) is 0 Å². The van der Waals surface area contributed by atoms with Crippen LogP contribution in [0.4, 0.5) is 18.9 Å². The topological polar surface area (TPSA) is 91.1 Å². The van der Waals surface area contributed by atoms with E-state index >= 15 is 0 Å². The van der Waals surface area contributed by atoms with Gasteiger partial charge in [0.05, 0.1) is 30.7 Å². The molecule has 38 heavy (non-hydrogen) atoms. The lowest BCUT2D eigenvalue weighted by Gasteiger charge is -2.37. The molecule has 200 valence electrons. The van der Waals surface area contributed by atoms with Crippen molar-refractivity contribution in [2.75, 3.05) is 27.4 Å². The van der Waals surface area contributed by atoms with E-state index in [1.54, 1.807) is 12.1 Å². The summed E-state index contributed by atoms with van der Waals surface area (Å²) < 4.78 is 56.2. The smallest absolute Gasteiger partial charge is 0.416 e. The molecule has 0 spiro atoms. The molecular formula is C26H22ClF3N2O6. The van der Waals surface area contributed by atoms with Gasteiger partial charge in [0.1, 0.15) is 17.4 Å². The Hall–Kier alpha value is -3.99. The largest absolute Gasteiger partial charge is 0.493 e. The number of ether oxygens (including phenoxy) is 3. The first-order valence-electron chi connectivity index (χ1n) is 11.3. The Morgan fingerprint density at radius 3 is 2.47 bits per heavy atom. The minimum Gasteiger partial charge on any atom is -0.493 e. The number of hydrogen-bond donors (Lipinski definition) is 0. The van der Waals surface area contributed by atoms with Gasteiger partial charge in [0, 0.05) is 18.2 Å². The van der Waals surface area contributed by atoms with Crippen LogP contribution in [0.25, 0.3) is 0 Å². The summed E-state index contributed by atoms with van der Waals surface area (Å²) >= 11 is 5.91. The van der Waals surface area contributed by atoms with Crippen molar-refractivity contribution in [3.8, 4) is 17.2 Å². The lowest BCUT2D eigenvalue weighted by atomic mass is 9.91. The van der Waals surface area contributed by atoms with Gasteiger partial charge in [0.25, 0.3) is 11.6 Å². The quantitative estimate of drug-likeness (QED) is 0.261.